The van der Waals surface area contributed by atoms with Gasteiger partial charge in [-0.3, -0.25) is 4.79 Å². The number of benzene rings is 2. The second-order valence-corrected chi connectivity index (χ2v) is 7.71. The molecule has 1 amide bonds. The highest BCUT2D eigenvalue weighted by Gasteiger charge is 2.21. The number of ether oxygens (including phenoxy) is 1. The van der Waals surface area contributed by atoms with Gasteiger partial charge in [-0.05, 0) is 54.7 Å². The Morgan fingerprint density at radius 2 is 1.83 bits per heavy atom. The Balaban J connectivity index is 1.60. The summed E-state index contributed by atoms with van der Waals surface area (Å²) >= 11 is 0. The molecule has 0 N–H and O–H groups in total. The lowest BCUT2D eigenvalue weighted by Gasteiger charge is -2.30. The number of amides is 1. The van der Waals surface area contributed by atoms with Crippen LogP contribution in [0, 0.1) is 5.92 Å². The Hall–Kier alpha value is -3.08. The molecule has 5 nitrogen and oxygen atoms in total. The average Bonchev–Trinajstić information content (AvgIpc) is 3.10. The van der Waals surface area contributed by atoms with Crippen molar-refractivity contribution in [2.45, 2.75) is 26.3 Å². The van der Waals surface area contributed by atoms with Crippen LogP contribution in [-0.2, 0) is 11.3 Å². The maximum Gasteiger partial charge on any atom is 0.242 e. The van der Waals surface area contributed by atoms with Crippen LogP contribution in [0.25, 0.3) is 23.2 Å². The lowest BCUT2D eigenvalue weighted by Crippen LogP contribution is -2.39. The van der Waals surface area contributed by atoms with Gasteiger partial charge in [0, 0.05) is 13.1 Å². The van der Waals surface area contributed by atoms with Gasteiger partial charge >= 0.3 is 0 Å². The number of imidazole rings is 1. The van der Waals surface area contributed by atoms with Crippen LogP contribution in [0.4, 0.5) is 0 Å². The Morgan fingerprint density at radius 1 is 1.10 bits per heavy atom. The van der Waals surface area contributed by atoms with Crippen LogP contribution >= 0.6 is 0 Å². The highest BCUT2D eigenvalue weighted by Crippen LogP contribution is 2.21. The van der Waals surface area contributed by atoms with Gasteiger partial charge in [-0.25, -0.2) is 4.98 Å². The van der Waals surface area contributed by atoms with Crippen LogP contribution < -0.4 is 4.74 Å². The van der Waals surface area contributed by atoms with Gasteiger partial charge in [-0.1, -0.05) is 37.3 Å². The van der Waals surface area contributed by atoms with Crippen LogP contribution in [0.3, 0.4) is 0 Å². The number of methoxy groups -OCH3 is 1. The number of likely N-dealkylation sites (tertiary alicyclic amines) is 1. The van der Waals surface area contributed by atoms with Crippen molar-refractivity contribution in [3.05, 3.63) is 59.9 Å². The van der Waals surface area contributed by atoms with E-state index in [0.29, 0.717) is 12.5 Å². The molecule has 1 saturated heterocycles. The lowest BCUT2D eigenvalue weighted by molar-refractivity contribution is -0.133. The lowest BCUT2D eigenvalue weighted by atomic mass is 9.99. The maximum atomic E-state index is 13.0. The van der Waals surface area contributed by atoms with Crippen molar-refractivity contribution in [3.63, 3.8) is 0 Å². The molecule has 3 aromatic rings. The fourth-order valence-electron chi connectivity index (χ4n) is 3.77. The standard InChI is InChI=1S/C24H27N3O2/c1-18-13-15-26(16-14-18)24(28)17-27-22-6-4-3-5-21(22)25-23(27)12-9-19-7-10-20(29-2)11-8-19/h3-12,18H,13-17H2,1-2H3/b12-9+. The first kappa shape index (κ1) is 19.2. The largest absolute Gasteiger partial charge is 0.497 e. The highest BCUT2D eigenvalue weighted by atomic mass is 16.5. The zero-order chi connectivity index (χ0) is 20.2. The molecule has 0 saturated carbocycles. The smallest absolute Gasteiger partial charge is 0.242 e. The van der Waals surface area contributed by atoms with Gasteiger partial charge < -0.3 is 14.2 Å². The summed E-state index contributed by atoms with van der Waals surface area (Å²) in [4.78, 5) is 19.7. The van der Waals surface area contributed by atoms with Gasteiger partial charge in [0.15, 0.2) is 0 Å². The van der Waals surface area contributed by atoms with E-state index in [1.54, 1.807) is 7.11 Å². The molecule has 1 aliphatic rings. The highest BCUT2D eigenvalue weighted by molar-refractivity contribution is 5.83. The summed E-state index contributed by atoms with van der Waals surface area (Å²) in [5.74, 6) is 2.49. The van der Waals surface area contributed by atoms with Crippen LogP contribution in [-0.4, -0.2) is 40.6 Å². The number of rotatable bonds is 5. The third-order valence-electron chi connectivity index (χ3n) is 5.65. The molecule has 1 aromatic heterocycles. The molecular formula is C24H27N3O2. The SMILES string of the molecule is COc1ccc(/C=C/c2nc3ccccc3n2CC(=O)N2CCC(C)CC2)cc1. The van der Waals surface area contributed by atoms with E-state index in [0.717, 1.165) is 54.1 Å². The predicted molar refractivity (Wildman–Crippen MR) is 117 cm³/mol. The number of hydrogen-bond acceptors (Lipinski definition) is 3. The molecule has 5 heteroatoms. The molecule has 0 spiro atoms. The number of hydrogen-bond donors (Lipinski definition) is 0. The second-order valence-electron chi connectivity index (χ2n) is 7.71. The molecule has 0 unspecified atom stereocenters. The van der Waals surface area contributed by atoms with E-state index < -0.39 is 0 Å². The maximum absolute atomic E-state index is 13.0. The Morgan fingerprint density at radius 3 is 2.55 bits per heavy atom. The number of aromatic nitrogens is 2. The van der Waals surface area contributed by atoms with Gasteiger partial charge in [0.25, 0.3) is 0 Å². The van der Waals surface area contributed by atoms with Crippen molar-refractivity contribution < 1.29 is 9.53 Å². The topological polar surface area (TPSA) is 47.4 Å². The Labute approximate surface area is 171 Å². The fraction of sp³-hybridized carbons (Fsp3) is 0.333. The fourth-order valence-corrected chi connectivity index (χ4v) is 3.77. The number of carbonyl (C=O) groups is 1. The number of nitrogens with zero attached hydrogens (tertiary/aromatic N) is 3. The van der Waals surface area contributed by atoms with Gasteiger partial charge in [0.1, 0.15) is 18.1 Å². The van der Waals surface area contributed by atoms with Crippen LogP contribution in [0.1, 0.15) is 31.2 Å². The van der Waals surface area contributed by atoms with Crippen molar-refractivity contribution in [3.8, 4) is 5.75 Å². The molecule has 29 heavy (non-hydrogen) atoms. The van der Waals surface area contributed by atoms with Gasteiger partial charge in [0.05, 0.1) is 18.1 Å². The van der Waals surface area contributed by atoms with E-state index in [-0.39, 0.29) is 5.91 Å². The first-order chi connectivity index (χ1) is 14.1. The number of carbonyl (C=O) groups excluding carboxylic acids is 1. The van der Waals surface area contributed by atoms with Crippen LogP contribution in [0.15, 0.2) is 48.5 Å². The summed E-state index contributed by atoms with van der Waals surface area (Å²) in [6, 6.07) is 15.9. The molecule has 1 fully saturated rings. The third-order valence-corrected chi connectivity index (χ3v) is 5.65. The van der Waals surface area contributed by atoms with E-state index in [4.69, 9.17) is 9.72 Å². The Bertz CT molecular complexity index is 1010. The predicted octanol–water partition coefficient (Wildman–Crippen LogP) is 4.47. The zero-order valence-corrected chi connectivity index (χ0v) is 17.0. The molecular weight excluding hydrogens is 362 g/mol. The second kappa shape index (κ2) is 8.52. The van der Waals surface area contributed by atoms with Gasteiger partial charge in [-0.15, -0.1) is 0 Å². The molecule has 4 rings (SSSR count). The van der Waals surface area contributed by atoms with E-state index in [1.165, 1.54) is 0 Å². The normalized spacial score (nSPS) is 15.3. The van der Waals surface area contributed by atoms with Crippen molar-refractivity contribution in [2.75, 3.05) is 20.2 Å². The summed E-state index contributed by atoms with van der Waals surface area (Å²) in [5.41, 5.74) is 2.95. The quantitative estimate of drug-likeness (QED) is 0.647. The summed E-state index contributed by atoms with van der Waals surface area (Å²) in [6.45, 7) is 4.28. The third kappa shape index (κ3) is 4.34. The van der Waals surface area contributed by atoms with Crippen molar-refractivity contribution in [1.82, 2.24) is 14.5 Å². The van der Waals surface area contributed by atoms with Gasteiger partial charge in [-0.2, -0.15) is 0 Å². The van der Waals surface area contributed by atoms with Gasteiger partial charge in [0.2, 0.25) is 5.91 Å². The van der Waals surface area contributed by atoms with E-state index in [9.17, 15) is 4.79 Å². The molecule has 0 radical (unpaired) electrons. The minimum atomic E-state index is 0.166. The van der Waals surface area contributed by atoms with Crippen molar-refractivity contribution in [1.29, 1.82) is 0 Å². The first-order valence-corrected chi connectivity index (χ1v) is 10.2. The molecule has 0 aliphatic carbocycles. The minimum absolute atomic E-state index is 0.166. The summed E-state index contributed by atoms with van der Waals surface area (Å²) in [5, 5.41) is 0. The molecule has 2 heterocycles. The summed E-state index contributed by atoms with van der Waals surface area (Å²) in [7, 11) is 1.66. The van der Waals surface area contributed by atoms with E-state index >= 15 is 0 Å². The number of piperidine rings is 1. The minimum Gasteiger partial charge on any atom is -0.497 e. The zero-order valence-electron chi connectivity index (χ0n) is 17.0. The summed E-state index contributed by atoms with van der Waals surface area (Å²) < 4.78 is 7.24. The molecule has 150 valence electrons. The first-order valence-electron chi connectivity index (χ1n) is 10.2. The summed E-state index contributed by atoms with van der Waals surface area (Å²) in [6.07, 6.45) is 6.17. The molecule has 2 aromatic carbocycles. The van der Waals surface area contributed by atoms with E-state index in [2.05, 4.69) is 6.92 Å². The number of para-hydroxylation sites is 2. The van der Waals surface area contributed by atoms with Crippen LogP contribution in [0.5, 0.6) is 5.75 Å². The van der Waals surface area contributed by atoms with E-state index in [1.807, 2.05) is 70.1 Å². The molecule has 0 atom stereocenters. The average molecular weight is 389 g/mol. The molecule has 1 aliphatic heterocycles. The molecule has 0 bridgehead atoms. The number of fused-ring (bicyclic) bond motifs is 1. The van der Waals surface area contributed by atoms with Crippen molar-refractivity contribution >= 4 is 29.1 Å². The van der Waals surface area contributed by atoms with Crippen molar-refractivity contribution in [2.24, 2.45) is 5.92 Å². The Kier molecular flexibility index (Phi) is 5.65. The van der Waals surface area contributed by atoms with Crippen LogP contribution in [0.2, 0.25) is 0 Å². The monoisotopic (exact) mass is 389 g/mol.